The van der Waals surface area contributed by atoms with Crippen molar-refractivity contribution in [1.82, 2.24) is 4.90 Å². The number of amides is 2. The Morgan fingerprint density at radius 1 is 1.42 bits per heavy atom. The molecule has 1 aromatic rings. The molecule has 138 valence electrons. The Labute approximate surface area is 153 Å². The van der Waals surface area contributed by atoms with Crippen LogP contribution in [-0.4, -0.2) is 55.8 Å². The summed E-state index contributed by atoms with van der Waals surface area (Å²) in [6, 6.07) is 8.48. The van der Waals surface area contributed by atoms with E-state index in [2.05, 4.69) is 0 Å². The first-order valence-corrected chi connectivity index (χ1v) is 10.5. The molecule has 0 spiro atoms. The van der Waals surface area contributed by atoms with Gasteiger partial charge in [0.05, 0.1) is 29.1 Å². The summed E-state index contributed by atoms with van der Waals surface area (Å²) in [5.41, 5.74) is 1.06. The van der Waals surface area contributed by atoms with E-state index in [-0.39, 0.29) is 42.3 Å². The van der Waals surface area contributed by atoms with Crippen molar-refractivity contribution in [2.75, 3.05) is 29.5 Å². The van der Waals surface area contributed by atoms with Gasteiger partial charge in [-0.1, -0.05) is 6.07 Å². The summed E-state index contributed by atoms with van der Waals surface area (Å²) in [5.74, 6) is -0.703. The van der Waals surface area contributed by atoms with Gasteiger partial charge in [0.2, 0.25) is 11.8 Å². The predicted molar refractivity (Wildman–Crippen MR) is 96.1 cm³/mol. The van der Waals surface area contributed by atoms with E-state index in [0.717, 1.165) is 0 Å². The lowest BCUT2D eigenvalue weighted by atomic mass is 10.1. The van der Waals surface area contributed by atoms with Crippen LogP contribution in [-0.2, 0) is 19.4 Å². The van der Waals surface area contributed by atoms with E-state index in [1.54, 1.807) is 29.2 Å². The molecule has 0 aliphatic carbocycles. The number of nitriles is 1. The van der Waals surface area contributed by atoms with E-state index in [9.17, 15) is 18.0 Å². The molecular weight excluding hydrogens is 354 g/mol. The Hall–Kier alpha value is -2.40. The molecule has 2 amide bonds. The SMILES string of the molecule is CCN(C(=O)C1CC(=O)N(c2cccc(C#N)c2)C1)C1CCS(=O)(=O)C1. The molecule has 2 aliphatic heterocycles. The van der Waals surface area contributed by atoms with Crippen LogP contribution >= 0.6 is 0 Å². The number of benzene rings is 1. The van der Waals surface area contributed by atoms with Crippen molar-refractivity contribution in [1.29, 1.82) is 5.26 Å². The fourth-order valence-electron chi connectivity index (χ4n) is 3.72. The normalized spacial score (nSPS) is 24.5. The highest BCUT2D eigenvalue weighted by atomic mass is 32.2. The molecule has 0 N–H and O–H groups in total. The molecule has 2 unspecified atom stereocenters. The first-order chi connectivity index (χ1) is 12.3. The van der Waals surface area contributed by atoms with Gasteiger partial charge >= 0.3 is 0 Å². The Balaban J connectivity index is 1.75. The zero-order valence-electron chi connectivity index (χ0n) is 14.6. The fraction of sp³-hybridized carbons (Fsp3) is 0.500. The van der Waals surface area contributed by atoms with Crippen molar-refractivity contribution >= 4 is 27.3 Å². The number of carbonyl (C=O) groups excluding carboxylic acids is 2. The van der Waals surface area contributed by atoms with Gasteiger partial charge in [-0.25, -0.2) is 8.42 Å². The summed E-state index contributed by atoms with van der Waals surface area (Å²) >= 11 is 0. The second-order valence-corrected chi connectivity index (χ2v) is 8.98. The van der Waals surface area contributed by atoms with Gasteiger partial charge in [-0.05, 0) is 31.5 Å². The Morgan fingerprint density at radius 2 is 2.19 bits per heavy atom. The summed E-state index contributed by atoms with van der Waals surface area (Å²) < 4.78 is 23.5. The third-order valence-corrected chi connectivity index (χ3v) is 6.78. The number of anilines is 1. The van der Waals surface area contributed by atoms with Crippen LogP contribution in [0.5, 0.6) is 0 Å². The number of carbonyl (C=O) groups is 2. The summed E-state index contributed by atoms with van der Waals surface area (Å²) in [7, 11) is -3.08. The van der Waals surface area contributed by atoms with Gasteiger partial charge in [0.15, 0.2) is 9.84 Å². The topological polar surface area (TPSA) is 98.5 Å². The molecule has 26 heavy (non-hydrogen) atoms. The molecule has 7 nitrogen and oxygen atoms in total. The van der Waals surface area contributed by atoms with Crippen molar-refractivity contribution in [3.05, 3.63) is 29.8 Å². The number of hydrogen-bond donors (Lipinski definition) is 0. The van der Waals surface area contributed by atoms with Crippen LogP contribution in [0.2, 0.25) is 0 Å². The molecule has 0 aromatic heterocycles. The smallest absolute Gasteiger partial charge is 0.228 e. The third-order valence-electron chi connectivity index (χ3n) is 5.03. The molecule has 8 heteroatoms. The first-order valence-electron chi connectivity index (χ1n) is 8.66. The van der Waals surface area contributed by atoms with E-state index in [0.29, 0.717) is 24.2 Å². The van der Waals surface area contributed by atoms with Gasteiger partial charge in [-0.3, -0.25) is 9.59 Å². The average molecular weight is 375 g/mol. The van der Waals surface area contributed by atoms with Crippen LogP contribution in [0.25, 0.3) is 0 Å². The van der Waals surface area contributed by atoms with Crippen molar-refractivity contribution in [3.63, 3.8) is 0 Å². The lowest BCUT2D eigenvalue weighted by molar-refractivity contribution is -0.137. The molecule has 2 heterocycles. The van der Waals surface area contributed by atoms with Crippen LogP contribution in [0.4, 0.5) is 5.69 Å². The zero-order chi connectivity index (χ0) is 18.9. The summed E-state index contributed by atoms with van der Waals surface area (Å²) in [6.45, 7) is 2.50. The molecule has 0 radical (unpaired) electrons. The van der Waals surface area contributed by atoms with Gasteiger partial charge in [-0.15, -0.1) is 0 Å². The lowest BCUT2D eigenvalue weighted by Crippen LogP contribution is -2.44. The average Bonchev–Trinajstić information content (AvgIpc) is 3.18. The number of nitrogens with zero attached hydrogens (tertiary/aromatic N) is 3. The maximum absolute atomic E-state index is 12.9. The summed E-state index contributed by atoms with van der Waals surface area (Å²) in [4.78, 5) is 28.5. The molecule has 0 bridgehead atoms. The summed E-state index contributed by atoms with van der Waals surface area (Å²) in [5, 5.41) is 9.02. The van der Waals surface area contributed by atoms with E-state index < -0.39 is 15.8 Å². The lowest BCUT2D eigenvalue weighted by Gasteiger charge is -2.29. The van der Waals surface area contributed by atoms with Crippen LogP contribution in [0.1, 0.15) is 25.3 Å². The monoisotopic (exact) mass is 375 g/mol. The number of rotatable bonds is 4. The molecule has 2 fully saturated rings. The maximum atomic E-state index is 12.9. The predicted octanol–water partition coefficient (Wildman–Crippen LogP) is 0.947. The highest BCUT2D eigenvalue weighted by molar-refractivity contribution is 7.91. The van der Waals surface area contributed by atoms with E-state index >= 15 is 0 Å². The Kier molecular flexibility index (Phi) is 5.01. The van der Waals surface area contributed by atoms with E-state index in [1.807, 2.05) is 13.0 Å². The van der Waals surface area contributed by atoms with Gasteiger partial charge in [0, 0.05) is 31.2 Å². The molecule has 2 saturated heterocycles. The van der Waals surface area contributed by atoms with Gasteiger partial charge in [-0.2, -0.15) is 5.26 Å². The zero-order valence-corrected chi connectivity index (χ0v) is 15.4. The molecule has 2 atom stereocenters. The third kappa shape index (κ3) is 3.58. The minimum atomic E-state index is -3.08. The number of hydrogen-bond acceptors (Lipinski definition) is 5. The minimum absolute atomic E-state index is 0.00117. The molecule has 3 rings (SSSR count). The van der Waals surface area contributed by atoms with E-state index in [4.69, 9.17) is 5.26 Å². The van der Waals surface area contributed by atoms with Crippen LogP contribution in [0, 0.1) is 17.2 Å². The van der Waals surface area contributed by atoms with Crippen LogP contribution in [0.3, 0.4) is 0 Å². The maximum Gasteiger partial charge on any atom is 0.228 e. The Bertz CT molecular complexity index is 875. The van der Waals surface area contributed by atoms with Gasteiger partial charge < -0.3 is 9.80 Å². The standard InChI is InChI=1S/C18H21N3O4S/c1-2-20(16-6-7-26(24,25)12-16)18(23)14-9-17(22)21(11-14)15-5-3-4-13(8-15)10-19/h3-5,8,14,16H,2,6-7,9,11-12H2,1H3. The van der Waals surface area contributed by atoms with Crippen molar-refractivity contribution in [2.24, 2.45) is 5.92 Å². The fourth-order valence-corrected chi connectivity index (χ4v) is 5.45. The van der Waals surface area contributed by atoms with E-state index in [1.165, 1.54) is 4.90 Å². The van der Waals surface area contributed by atoms with Crippen molar-refractivity contribution in [2.45, 2.75) is 25.8 Å². The quantitative estimate of drug-likeness (QED) is 0.780. The number of sulfone groups is 1. The first kappa shape index (κ1) is 18.4. The molecular formula is C18H21N3O4S. The summed E-state index contributed by atoms with van der Waals surface area (Å²) in [6.07, 6.45) is 0.558. The minimum Gasteiger partial charge on any atom is -0.339 e. The van der Waals surface area contributed by atoms with Gasteiger partial charge in [0.1, 0.15) is 0 Å². The Morgan fingerprint density at radius 3 is 2.81 bits per heavy atom. The highest BCUT2D eigenvalue weighted by Crippen LogP contribution is 2.28. The highest BCUT2D eigenvalue weighted by Gasteiger charge is 2.41. The van der Waals surface area contributed by atoms with Crippen LogP contribution < -0.4 is 4.90 Å². The molecule has 0 saturated carbocycles. The second kappa shape index (κ2) is 7.08. The second-order valence-electron chi connectivity index (χ2n) is 6.75. The largest absolute Gasteiger partial charge is 0.339 e. The molecule has 1 aromatic carbocycles. The van der Waals surface area contributed by atoms with Crippen LogP contribution in [0.15, 0.2) is 24.3 Å². The molecule has 2 aliphatic rings. The van der Waals surface area contributed by atoms with Gasteiger partial charge in [0.25, 0.3) is 0 Å². The van der Waals surface area contributed by atoms with Crippen molar-refractivity contribution < 1.29 is 18.0 Å². The van der Waals surface area contributed by atoms with Crippen molar-refractivity contribution in [3.8, 4) is 6.07 Å².